The van der Waals surface area contributed by atoms with Gasteiger partial charge in [0.2, 0.25) is 0 Å². The summed E-state index contributed by atoms with van der Waals surface area (Å²) in [6, 6.07) is 0. The topological polar surface area (TPSA) is 46.2 Å². The van der Waals surface area contributed by atoms with E-state index in [1.807, 2.05) is 0 Å². The molecule has 0 radical (unpaired) electrons. The van der Waals surface area contributed by atoms with Gasteiger partial charge < -0.3 is 10.8 Å². The summed E-state index contributed by atoms with van der Waals surface area (Å²) < 4.78 is 0. The molecule has 0 aromatic rings. The van der Waals surface area contributed by atoms with Crippen LogP contribution in [0.2, 0.25) is 0 Å². The monoisotopic (exact) mass is 237 g/mol. The first-order chi connectivity index (χ1) is 8.23. The van der Waals surface area contributed by atoms with Crippen molar-refractivity contribution in [2.24, 2.45) is 28.9 Å². The van der Waals surface area contributed by atoms with Crippen LogP contribution in [0.25, 0.3) is 0 Å². The van der Waals surface area contributed by atoms with Crippen molar-refractivity contribution in [1.29, 1.82) is 0 Å². The van der Waals surface area contributed by atoms with Crippen molar-refractivity contribution in [2.75, 3.05) is 6.54 Å². The predicted octanol–water partition coefficient (Wildman–Crippen LogP) is 2.69. The molecule has 3 rings (SSSR count). The molecule has 3 fully saturated rings. The van der Waals surface area contributed by atoms with E-state index >= 15 is 0 Å². The number of hydrogen-bond donors (Lipinski definition) is 2. The molecule has 0 amide bonds. The predicted molar refractivity (Wildman–Crippen MR) is 69.5 cm³/mol. The van der Waals surface area contributed by atoms with E-state index in [1.54, 1.807) is 0 Å². The van der Waals surface area contributed by atoms with Crippen LogP contribution in [0, 0.1) is 23.2 Å². The van der Waals surface area contributed by atoms with Crippen molar-refractivity contribution < 1.29 is 5.11 Å². The molecule has 5 atom stereocenters. The van der Waals surface area contributed by atoms with Crippen molar-refractivity contribution in [3.63, 3.8) is 0 Å². The largest absolute Gasteiger partial charge is 0.393 e. The fourth-order valence-corrected chi connectivity index (χ4v) is 5.00. The van der Waals surface area contributed by atoms with Crippen LogP contribution in [-0.4, -0.2) is 17.8 Å². The highest BCUT2D eigenvalue weighted by atomic mass is 16.3. The van der Waals surface area contributed by atoms with Gasteiger partial charge in [0.1, 0.15) is 0 Å². The Kier molecular flexibility index (Phi) is 3.20. The van der Waals surface area contributed by atoms with Gasteiger partial charge in [-0.3, -0.25) is 0 Å². The molecule has 0 aromatic carbocycles. The van der Waals surface area contributed by atoms with E-state index in [-0.39, 0.29) is 11.5 Å². The smallest absolute Gasteiger partial charge is 0.0608 e. The molecule has 17 heavy (non-hydrogen) atoms. The molecule has 0 heterocycles. The van der Waals surface area contributed by atoms with Gasteiger partial charge in [-0.05, 0) is 56.3 Å². The Balaban J connectivity index is 1.68. The molecule has 2 heteroatoms. The van der Waals surface area contributed by atoms with E-state index in [0.29, 0.717) is 6.54 Å². The Morgan fingerprint density at radius 2 is 2.00 bits per heavy atom. The first-order valence-corrected chi connectivity index (χ1v) is 7.62. The maximum Gasteiger partial charge on any atom is 0.0608 e. The zero-order valence-electron chi connectivity index (χ0n) is 10.9. The van der Waals surface area contributed by atoms with E-state index in [9.17, 15) is 5.11 Å². The summed E-state index contributed by atoms with van der Waals surface area (Å²) in [7, 11) is 0. The molecule has 98 valence electrons. The van der Waals surface area contributed by atoms with Gasteiger partial charge >= 0.3 is 0 Å². The van der Waals surface area contributed by atoms with Crippen LogP contribution in [0.1, 0.15) is 57.8 Å². The Labute approximate surface area is 105 Å². The molecule has 0 aromatic heterocycles. The Morgan fingerprint density at radius 1 is 1.12 bits per heavy atom. The summed E-state index contributed by atoms with van der Waals surface area (Å²) in [5.74, 6) is 2.86. The van der Waals surface area contributed by atoms with Crippen molar-refractivity contribution in [2.45, 2.75) is 63.9 Å². The number of aliphatic hydroxyl groups is 1. The van der Waals surface area contributed by atoms with Gasteiger partial charge in [0.25, 0.3) is 0 Å². The van der Waals surface area contributed by atoms with Gasteiger partial charge in [-0.25, -0.2) is 0 Å². The summed E-state index contributed by atoms with van der Waals surface area (Å²) in [6.45, 7) is 0.696. The lowest BCUT2D eigenvalue weighted by Gasteiger charge is -2.43. The minimum Gasteiger partial charge on any atom is -0.393 e. The molecule has 3 N–H and O–H groups in total. The number of aliphatic hydroxyl groups excluding tert-OH is 1. The lowest BCUT2D eigenvalue weighted by atomic mass is 9.65. The van der Waals surface area contributed by atoms with E-state index < -0.39 is 0 Å². The van der Waals surface area contributed by atoms with Crippen LogP contribution in [0.15, 0.2) is 0 Å². The number of fused-ring (bicyclic) bond motifs is 2. The molecule has 0 aliphatic heterocycles. The summed E-state index contributed by atoms with van der Waals surface area (Å²) in [5.41, 5.74) is 6.12. The average molecular weight is 237 g/mol. The fraction of sp³-hybridized carbons (Fsp3) is 1.00. The first kappa shape index (κ1) is 12.0. The molecular formula is C15H27NO. The van der Waals surface area contributed by atoms with Crippen molar-refractivity contribution in [3.8, 4) is 0 Å². The van der Waals surface area contributed by atoms with Crippen molar-refractivity contribution in [1.82, 2.24) is 0 Å². The zero-order chi connectivity index (χ0) is 11.9. The van der Waals surface area contributed by atoms with Crippen LogP contribution in [0.5, 0.6) is 0 Å². The standard InChI is InChI=1S/C15H27NO/c16-10-15(6-2-1-3-14(15)17)9-13-8-11-4-5-12(13)7-11/h11-14,17H,1-10,16H2. The maximum atomic E-state index is 10.4. The summed E-state index contributed by atoms with van der Waals surface area (Å²) >= 11 is 0. The minimum absolute atomic E-state index is 0.0768. The zero-order valence-corrected chi connectivity index (χ0v) is 10.9. The van der Waals surface area contributed by atoms with E-state index in [1.165, 1.54) is 51.4 Å². The minimum atomic E-state index is -0.125. The maximum absolute atomic E-state index is 10.4. The lowest BCUT2D eigenvalue weighted by Crippen LogP contribution is -2.45. The molecular weight excluding hydrogens is 210 g/mol. The Hall–Kier alpha value is -0.0800. The highest BCUT2D eigenvalue weighted by molar-refractivity contribution is 4.98. The van der Waals surface area contributed by atoms with E-state index in [4.69, 9.17) is 5.73 Å². The van der Waals surface area contributed by atoms with Gasteiger partial charge in [-0.2, -0.15) is 0 Å². The van der Waals surface area contributed by atoms with Crippen LogP contribution in [0.4, 0.5) is 0 Å². The Morgan fingerprint density at radius 3 is 2.59 bits per heavy atom. The first-order valence-electron chi connectivity index (χ1n) is 7.62. The highest BCUT2D eigenvalue weighted by Gasteiger charge is 2.46. The normalized spacial score (nSPS) is 49.8. The van der Waals surface area contributed by atoms with Crippen LogP contribution < -0.4 is 5.73 Å². The summed E-state index contributed by atoms with van der Waals surface area (Å²) in [4.78, 5) is 0. The number of nitrogens with two attached hydrogens (primary N) is 1. The molecule has 2 nitrogen and oxygen atoms in total. The van der Waals surface area contributed by atoms with Crippen LogP contribution in [-0.2, 0) is 0 Å². The quantitative estimate of drug-likeness (QED) is 0.793. The van der Waals surface area contributed by atoms with Gasteiger partial charge in [0, 0.05) is 12.0 Å². The van der Waals surface area contributed by atoms with Crippen LogP contribution >= 0.6 is 0 Å². The second-order valence-corrected chi connectivity index (χ2v) is 6.97. The second kappa shape index (κ2) is 4.55. The third kappa shape index (κ3) is 2.04. The number of rotatable bonds is 3. The molecule has 2 bridgehead atoms. The lowest BCUT2D eigenvalue weighted by molar-refractivity contribution is -0.0272. The third-order valence-electron chi connectivity index (χ3n) is 6.07. The van der Waals surface area contributed by atoms with E-state index in [0.717, 1.165) is 24.2 Å². The number of hydrogen-bond acceptors (Lipinski definition) is 2. The molecule has 0 saturated heterocycles. The summed E-state index contributed by atoms with van der Waals surface area (Å²) in [5, 5.41) is 10.4. The fourth-order valence-electron chi connectivity index (χ4n) is 5.00. The second-order valence-electron chi connectivity index (χ2n) is 6.97. The van der Waals surface area contributed by atoms with Gasteiger partial charge in [-0.15, -0.1) is 0 Å². The van der Waals surface area contributed by atoms with Gasteiger partial charge in [-0.1, -0.05) is 19.3 Å². The Bertz CT molecular complexity index is 280. The van der Waals surface area contributed by atoms with Crippen molar-refractivity contribution >= 4 is 0 Å². The van der Waals surface area contributed by atoms with Gasteiger partial charge in [0.15, 0.2) is 0 Å². The van der Waals surface area contributed by atoms with Crippen LogP contribution in [0.3, 0.4) is 0 Å². The average Bonchev–Trinajstić information content (AvgIpc) is 2.94. The molecule has 3 aliphatic rings. The van der Waals surface area contributed by atoms with Crippen molar-refractivity contribution in [3.05, 3.63) is 0 Å². The molecule has 5 unspecified atom stereocenters. The SMILES string of the molecule is NCC1(CC2CC3CCC2C3)CCCCC1O. The highest BCUT2D eigenvalue weighted by Crippen LogP contribution is 2.53. The molecule has 3 aliphatic carbocycles. The molecule has 0 spiro atoms. The van der Waals surface area contributed by atoms with Gasteiger partial charge in [0.05, 0.1) is 6.10 Å². The van der Waals surface area contributed by atoms with E-state index in [2.05, 4.69) is 0 Å². The summed E-state index contributed by atoms with van der Waals surface area (Å²) in [6.07, 6.45) is 11.5. The third-order valence-corrected chi connectivity index (χ3v) is 6.07. The molecule has 3 saturated carbocycles.